The van der Waals surface area contributed by atoms with Gasteiger partial charge in [0.15, 0.2) is 0 Å². The first-order valence-electron chi connectivity index (χ1n) is 7.30. The number of para-hydroxylation sites is 1. The number of rotatable bonds is 2. The van der Waals surface area contributed by atoms with Crippen molar-refractivity contribution in [3.8, 4) is 0 Å². The molecular weight excluding hydrogens is 296 g/mol. The van der Waals surface area contributed by atoms with Crippen molar-refractivity contribution >= 4 is 21.4 Å². The second-order valence-corrected chi connectivity index (χ2v) is 7.71. The van der Waals surface area contributed by atoms with Crippen molar-refractivity contribution in [3.63, 3.8) is 0 Å². The highest BCUT2D eigenvalue weighted by atomic mass is 32.2. The van der Waals surface area contributed by atoms with Crippen molar-refractivity contribution < 1.29 is 8.42 Å². The Morgan fingerprint density at radius 3 is 2.36 bits per heavy atom. The van der Waals surface area contributed by atoms with Gasteiger partial charge in [0.2, 0.25) is 0 Å². The Morgan fingerprint density at radius 1 is 1.09 bits per heavy atom. The van der Waals surface area contributed by atoms with Crippen molar-refractivity contribution in [2.45, 2.75) is 32.1 Å². The smallest absolute Gasteiger partial charge is 0.264 e. The molecule has 0 aromatic heterocycles. The van der Waals surface area contributed by atoms with Crippen molar-refractivity contribution in [2.24, 2.45) is 0 Å². The van der Waals surface area contributed by atoms with E-state index in [1.807, 2.05) is 45.0 Å². The van der Waals surface area contributed by atoms with Crippen LogP contribution in [0, 0.1) is 20.8 Å². The Bertz CT molecular complexity index is 834. The van der Waals surface area contributed by atoms with Gasteiger partial charge >= 0.3 is 0 Å². The lowest BCUT2D eigenvalue weighted by Crippen LogP contribution is -2.30. The summed E-state index contributed by atoms with van der Waals surface area (Å²) >= 11 is 0. The number of sulfonamides is 1. The zero-order valence-corrected chi connectivity index (χ0v) is 13.9. The van der Waals surface area contributed by atoms with Gasteiger partial charge in [0.1, 0.15) is 0 Å². The predicted molar refractivity (Wildman–Crippen MR) is 89.7 cm³/mol. The number of fused-ring (bicyclic) bond motifs is 1. The first kappa shape index (κ1) is 14.9. The normalized spacial score (nSPS) is 14.2. The Balaban J connectivity index is 2.19. The molecule has 0 fully saturated rings. The molecule has 2 aromatic carbocycles. The van der Waals surface area contributed by atoms with Gasteiger partial charge in [0, 0.05) is 6.54 Å². The van der Waals surface area contributed by atoms with Gasteiger partial charge in [-0.25, -0.2) is 8.42 Å². The number of benzene rings is 2. The second kappa shape index (κ2) is 5.02. The fraction of sp³-hybridized carbons (Fsp3) is 0.294. The highest BCUT2D eigenvalue weighted by Gasteiger charge is 2.34. The first-order chi connectivity index (χ1) is 10.3. The first-order valence-corrected chi connectivity index (χ1v) is 8.74. The van der Waals surface area contributed by atoms with Crippen LogP contribution >= 0.6 is 0 Å². The quantitative estimate of drug-likeness (QED) is 0.866. The minimum atomic E-state index is -3.60. The standard InChI is InChI=1S/C17H20N2O2S/c1-11-9-12(2)17(13(3)10-11)22(20,21)19-8-7-14-5-4-6-15(18)16(14)19/h4-6,9-10H,7-8,18H2,1-3H3. The van der Waals surface area contributed by atoms with E-state index in [2.05, 4.69) is 0 Å². The lowest BCUT2D eigenvalue weighted by Gasteiger charge is -2.23. The number of aryl methyl sites for hydroxylation is 3. The molecule has 1 aliphatic rings. The van der Waals surface area contributed by atoms with E-state index < -0.39 is 10.0 Å². The molecule has 0 saturated heterocycles. The zero-order chi connectivity index (χ0) is 16.1. The summed E-state index contributed by atoms with van der Waals surface area (Å²) in [5, 5.41) is 0. The average Bonchev–Trinajstić information content (AvgIpc) is 2.83. The fourth-order valence-corrected chi connectivity index (χ4v) is 5.32. The van der Waals surface area contributed by atoms with Crippen LogP contribution in [0.4, 0.5) is 11.4 Å². The number of nitrogen functional groups attached to an aromatic ring is 1. The van der Waals surface area contributed by atoms with Crippen molar-refractivity contribution in [2.75, 3.05) is 16.6 Å². The molecule has 0 unspecified atom stereocenters. The summed E-state index contributed by atoms with van der Waals surface area (Å²) < 4.78 is 27.8. The second-order valence-electron chi connectivity index (χ2n) is 5.91. The number of hydrogen-bond acceptors (Lipinski definition) is 3. The summed E-state index contributed by atoms with van der Waals surface area (Å²) in [6.07, 6.45) is 0.698. The summed E-state index contributed by atoms with van der Waals surface area (Å²) in [6, 6.07) is 9.38. The van der Waals surface area contributed by atoms with Crippen LogP contribution in [-0.2, 0) is 16.4 Å². The molecule has 1 aliphatic heterocycles. The Hall–Kier alpha value is -2.01. The van der Waals surface area contributed by atoms with E-state index in [-0.39, 0.29) is 0 Å². The zero-order valence-electron chi connectivity index (χ0n) is 13.1. The Labute approximate surface area is 131 Å². The monoisotopic (exact) mass is 316 g/mol. The largest absolute Gasteiger partial charge is 0.397 e. The third kappa shape index (κ3) is 2.16. The molecule has 5 heteroatoms. The molecule has 116 valence electrons. The maximum atomic E-state index is 13.2. The molecule has 0 saturated carbocycles. The van der Waals surface area contributed by atoms with Gasteiger partial charge in [-0.1, -0.05) is 29.8 Å². The molecule has 4 nitrogen and oxygen atoms in total. The van der Waals surface area contributed by atoms with E-state index in [1.165, 1.54) is 4.31 Å². The summed E-state index contributed by atoms with van der Waals surface area (Å²) in [7, 11) is -3.60. The van der Waals surface area contributed by atoms with Gasteiger partial charge in [-0.2, -0.15) is 0 Å². The van der Waals surface area contributed by atoms with Crippen LogP contribution in [0.5, 0.6) is 0 Å². The number of anilines is 2. The average molecular weight is 316 g/mol. The van der Waals surface area contributed by atoms with E-state index in [4.69, 9.17) is 5.73 Å². The van der Waals surface area contributed by atoms with Gasteiger partial charge in [-0.15, -0.1) is 0 Å². The van der Waals surface area contributed by atoms with Crippen LogP contribution in [0.15, 0.2) is 35.2 Å². The Morgan fingerprint density at radius 2 is 1.73 bits per heavy atom. The summed E-state index contributed by atoms with van der Waals surface area (Å²) in [6.45, 7) is 6.11. The van der Waals surface area contributed by atoms with Gasteiger partial charge in [-0.05, 0) is 49.9 Å². The summed E-state index contributed by atoms with van der Waals surface area (Å²) in [5.41, 5.74) is 10.8. The summed E-state index contributed by atoms with van der Waals surface area (Å²) in [5.74, 6) is 0. The van der Waals surface area contributed by atoms with E-state index in [9.17, 15) is 8.42 Å². The molecule has 22 heavy (non-hydrogen) atoms. The summed E-state index contributed by atoms with van der Waals surface area (Å²) in [4.78, 5) is 0.397. The van der Waals surface area contributed by atoms with Crippen LogP contribution < -0.4 is 10.0 Å². The molecule has 2 N–H and O–H groups in total. The molecule has 0 aliphatic carbocycles. The third-order valence-corrected chi connectivity index (χ3v) is 6.24. The van der Waals surface area contributed by atoms with Gasteiger partial charge in [0.05, 0.1) is 16.3 Å². The van der Waals surface area contributed by atoms with Crippen LogP contribution in [0.25, 0.3) is 0 Å². The maximum Gasteiger partial charge on any atom is 0.264 e. The molecule has 0 bridgehead atoms. The van der Waals surface area contributed by atoms with Crippen molar-refractivity contribution in [3.05, 3.63) is 52.6 Å². The third-order valence-electron chi connectivity index (χ3n) is 4.14. The van der Waals surface area contributed by atoms with Gasteiger partial charge in [0.25, 0.3) is 10.0 Å². The highest BCUT2D eigenvalue weighted by Crippen LogP contribution is 2.38. The molecule has 0 radical (unpaired) electrons. The van der Waals surface area contributed by atoms with E-state index >= 15 is 0 Å². The minimum Gasteiger partial charge on any atom is -0.397 e. The van der Waals surface area contributed by atoms with Crippen molar-refractivity contribution in [1.29, 1.82) is 0 Å². The molecule has 3 rings (SSSR count). The van der Waals surface area contributed by atoms with E-state index in [1.54, 1.807) is 6.07 Å². The van der Waals surface area contributed by atoms with Gasteiger partial charge in [-0.3, -0.25) is 4.31 Å². The van der Waals surface area contributed by atoms with Crippen LogP contribution in [0.1, 0.15) is 22.3 Å². The Kier molecular flexibility index (Phi) is 3.40. The van der Waals surface area contributed by atoms with Crippen LogP contribution in [0.2, 0.25) is 0 Å². The maximum absolute atomic E-state index is 13.2. The topological polar surface area (TPSA) is 63.4 Å². The van der Waals surface area contributed by atoms with Crippen LogP contribution in [0.3, 0.4) is 0 Å². The highest BCUT2D eigenvalue weighted by molar-refractivity contribution is 7.93. The molecule has 0 atom stereocenters. The number of nitrogens with two attached hydrogens (primary N) is 1. The number of nitrogens with zero attached hydrogens (tertiary/aromatic N) is 1. The molecule has 1 heterocycles. The lowest BCUT2D eigenvalue weighted by molar-refractivity contribution is 0.591. The fourth-order valence-electron chi connectivity index (χ4n) is 3.38. The lowest BCUT2D eigenvalue weighted by atomic mass is 10.1. The molecule has 2 aromatic rings. The van der Waals surface area contributed by atoms with E-state index in [0.717, 1.165) is 22.3 Å². The van der Waals surface area contributed by atoms with Crippen molar-refractivity contribution in [1.82, 2.24) is 0 Å². The van der Waals surface area contributed by atoms with Gasteiger partial charge < -0.3 is 5.73 Å². The molecule has 0 amide bonds. The predicted octanol–water partition coefficient (Wildman–Crippen LogP) is 2.95. The van der Waals surface area contributed by atoms with E-state index in [0.29, 0.717) is 29.2 Å². The van der Waals surface area contributed by atoms with Crippen LogP contribution in [-0.4, -0.2) is 15.0 Å². The number of hydrogen-bond donors (Lipinski definition) is 1. The SMILES string of the molecule is Cc1cc(C)c(S(=O)(=O)N2CCc3cccc(N)c32)c(C)c1. The molecular formula is C17H20N2O2S. The minimum absolute atomic E-state index is 0.397. The molecule has 0 spiro atoms.